The zero-order valence-electron chi connectivity index (χ0n) is 19.3. The molecule has 0 saturated carbocycles. The van der Waals surface area contributed by atoms with Gasteiger partial charge in [0.1, 0.15) is 0 Å². The predicted molar refractivity (Wildman–Crippen MR) is 129 cm³/mol. The van der Waals surface area contributed by atoms with Gasteiger partial charge in [0.05, 0.1) is 18.2 Å². The number of anilines is 1. The molecule has 0 spiro atoms. The van der Waals surface area contributed by atoms with Crippen LogP contribution in [0.1, 0.15) is 35.4 Å². The molecule has 2 aromatic carbocycles. The first kappa shape index (κ1) is 22.6. The van der Waals surface area contributed by atoms with Gasteiger partial charge in [0.2, 0.25) is 5.91 Å². The summed E-state index contributed by atoms with van der Waals surface area (Å²) in [6.45, 7) is 6.25. The maximum Gasteiger partial charge on any atom is 0.321 e. The van der Waals surface area contributed by atoms with Crippen LogP contribution >= 0.6 is 0 Å². The summed E-state index contributed by atoms with van der Waals surface area (Å²) in [5.41, 5.74) is 4.98. The number of carbonyl (C=O) groups is 2. The normalized spacial score (nSPS) is 15.8. The molecule has 2 heterocycles. The first-order valence-corrected chi connectivity index (χ1v) is 11.5. The molecule has 1 aliphatic heterocycles. The van der Waals surface area contributed by atoms with E-state index in [1.54, 1.807) is 4.90 Å². The molecular weight excluding hydrogens is 414 g/mol. The molecule has 3 amide bonds. The number of aryl methyl sites for hydroxylation is 1. The summed E-state index contributed by atoms with van der Waals surface area (Å²) >= 11 is 0. The van der Waals surface area contributed by atoms with E-state index in [1.807, 2.05) is 67.1 Å². The number of aromatic nitrogens is 2. The van der Waals surface area contributed by atoms with E-state index in [2.05, 4.69) is 27.9 Å². The van der Waals surface area contributed by atoms with Gasteiger partial charge in [-0.3, -0.25) is 9.48 Å². The number of rotatable bonds is 6. The van der Waals surface area contributed by atoms with Crippen LogP contribution in [-0.2, 0) is 17.9 Å². The SMILES string of the molecule is Cc1nn(Cc2ccccc2)c(C)c1CNC(=O)[C@H]1CCCN(C(=O)Nc2ccccc2)C1. The maximum absolute atomic E-state index is 12.9. The second-order valence-electron chi connectivity index (χ2n) is 8.59. The molecule has 1 aromatic heterocycles. The van der Waals surface area contributed by atoms with Gasteiger partial charge in [0.15, 0.2) is 0 Å². The van der Waals surface area contributed by atoms with Crippen LogP contribution in [0.2, 0.25) is 0 Å². The van der Waals surface area contributed by atoms with Crippen LogP contribution in [0.25, 0.3) is 0 Å². The lowest BCUT2D eigenvalue weighted by Crippen LogP contribution is -2.46. The second kappa shape index (κ2) is 10.3. The summed E-state index contributed by atoms with van der Waals surface area (Å²) in [5, 5.41) is 10.7. The standard InChI is InChI=1S/C26H31N5O2/c1-19-24(20(2)31(29-19)17-21-10-5-3-6-11-21)16-27-25(32)22-12-9-15-30(18-22)26(33)28-23-13-7-4-8-14-23/h3-8,10-11,13-14,22H,9,12,15-18H2,1-2H3,(H,27,32)(H,28,33)/t22-/m0/s1. The Balaban J connectivity index is 1.33. The zero-order chi connectivity index (χ0) is 23.2. The lowest BCUT2D eigenvalue weighted by atomic mass is 9.97. The summed E-state index contributed by atoms with van der Waals surface area (Å²) < 4.78 is 1.99. The van der Waals surface area contributed by atoms with E-state index in [0.717, 1.165) is 35.5 Å². The fourth-order valence-electron chi connectivity index (χ4n) is 4.32. The maximum atomic E-state index is 12.9. The van der Waals surface area contributed by atoms with Crippen molar-refractivity contribution < 1.29 is 9.59 Å². The van der Waals surface area contributed by atoms with E-state index in [1.165, 1.54) is 5.56 Å². The van der Waals surface area contributed by atoms with Crippen LogP contribution in [0.15, 0.2) is 60.7 Å². The van der Waals surface area contributed by atoms with Crippen molar-refractivity contribution in [3.63, 3.8) is 0 Å². The number of benzene rings is 2. The number of hydrogen-bond donors (Lipinski definition) is 2. The van der Waals surface area contributed by atoms with Crippen LogP contribution in [-0.4, -0.2) is 39.7 Å². The van der Waals surface area contributed by atoms with Crippen molar-refractivity contribution in [2.75, 3.05) is 18.4 Å². The minimum absolute atomic E-state index is 0.0122. The molecule has 3 aromatic rings. The fourth-order valence-corrected chi connectivity index (χ4v) is 4.32. The number of piperidine rings is 1. The van der Waals surface area contributed by atoms with Gasteiger partial charge in [-0.15, -0.1) is 0 Å². The molecule has 33 heavy (non-hydrogen) atoms. The third kappa shape index (κ3) is 5.61. The topological polar surface area (TPSA) is 79.3 Å². The largest absolute Gasteiger partial charge is 0.352 e. The van der Waals surface area contributed by atoms with Crippen molar-refractivity contribution in [3.05, 3.63) is 83.2 Å². The first-order valence-electron chi connectivity index (χ1n) is 11.5. The predicted octanol–water partition coefficient (Wildman–Crippen LogP) is 4.11. The average molecular weight is 446 g/mol. The smallest absolute Gasteiger partial charge is 0.321 e. The van der Waals surface area contributed by atoms with E-state index in [0.29, 0.717) is 26.2 Å². The van der Waals surface area contributed by atoms with Gasteiger partial charge in [0, 0.05) is 36.6 Å². The lowest BCUT2D eigenvalue weighted by Gasteiger charge is -2.32. The van der Waals surface area contributed by atoms with Gasteiger partial charge in [-0.1, -0.05) is 48.5 Å². The number of carbonyl (C=O) groups excluding carboxylic acids is 2. The van der Waals surface area contributed by atoms with Gasteiger partial charge in [-0.25, -0.2) is 4.79 Å². The van der Waals surface area contributed by atoms with E-state index in [-0.39, 0.29) is 17.9 Å². The van der Waals surface area contributed by atoms with Crippen LogP contribution in [0.3, 0.4) is 0 Å². The highest BCUT2D eigenvalue weighted by Gasteiger charge is 2.28. The molecule has 7 nitrogen and oxygen atoms in total. The Labute approximate surface area is 194 Å². The Morgan fingerprint density at radius 2 is 1.73 bits per heavy atom. The minimum atomic E-state index is -0.208. The summed E-state index contributed by atoms with van der Waals surface area (Å²) in [6.07, 6.45) is 1.60. The third-order valence-electron chi connectivity index (χ3n) is 6.25. The number of likely N-dealkylation sites (tertiary alicyclic amines) is 1. The number of para-hydroxylation sites is 1. The number of urea groups is 1. The van der Waals surface area contributed by atoms with Gasteiger partial charge in [0.25, 0.3) is 0 Å². The van der Waals surface area contributed by atoms with Crippen molar-refractivity contribution in [1.29, 1.82) is 0 Å². The summed E-state index contributed by atoms with van der Waals surface area (Å²) in [5.74, 6) is -0.220. The molecule has 1 aliphatic rings. The van der Waals surface area contributed by atoms with E-state index >= 15 is 0 Å². The van der Waals surface area contributed by atoms with Crippen molar-refractivity contribution in [1.82, 2.24) is 20.0 Å². The Hall–Kier alpha value is -3.61. The van der Waals surface area contributed by atoms with Crippen molar-refractivity contribution in [2.24, 2.45) is 5.92 Å². The van der Waals surface area contributed by atoms with Crippen LogP contribution in [0, 0.1) is 19.8 Å². The number of nitrogens with one attached hydrogen (secondary N) is 2. The molecule has 1 fully saturated rings. The Bertz CT molecular complexity index is 1090. The molecular formula is C26H31N5O2. The van der Waals surface area contributed by atoms with Gasteiger partial charge in [-0.2, -0.15) is 5.10 Å². The minimum Gasteiger partial charge on any atom is -0.352 e. The van der Waals surface area contributed by atoms with Crippen LogP contribution in [0.5, 0.6) is 0 Å². The van der Waals surface area contributed by atoms with E-state index < -0.39 is 0 Å². The number of nitrogens with zero attached hydrogens (tertiary/aromatic N) is 3. The molecule has 7 heteroatoms. The molecule has 172 valence electrons. The molecule has 0 radical (unpaired) electrons. The molecule has 2 N–H and O–H groups in total. The van der Waals surface area contributed by atoms with Gasteiger partial charge < -0.3 is 15.5 Å². The Kier molecular flexibility index (Phi) is 7.07. The van der Waals surface area contributed by atoms with E-state index in [4.69, 9.17) is 0 Å². The summed E-state index contributed by atoms with van der Waals surface area (Å²) in [4.78, 5) is 27.3. The highest BCUT2D eigenvalue weighted by molar-refractivity contribution is 5.90. The summed E-state index contributed by atoms with van der Waals surface area (Å²) in [6, 6.07) is 19.4. The number of amides is 3. The van der Waals surface area contributed by atoms with Crippen LogP contribution in [0.4, 0.5) is 10.5 Å². The highest BCUT2D eigenvalue weighted by Crippen LogP contribution is 2.19. The van der Waals surface area contributed by atoms with E-state index in [9.17, 15) is 9.59 Å². The molecule has 0 bridgehead atoms. The third-order valence-corrected chi connectivity index (χ3v) is 6.25. The molecule has 1 saturated heterocycles. The first-order chi connectivity index (χ1) is 16.0. The Morgan fingerprint density at radius 1 is 1.03 bits per heavy atom. The highest BCUT2D eigenvalue weighted by atomic mass is 16.2. The van der Waals surface area contributed by atoms with Crippen molar-refractivity contribution in [2.45, 2.75) is 39.8 Å². The molecule has 0 unspecified atom stereocenters. The molecule has 1 atom stereocenters. The molecule has 4 rings (SSSR count). The Morgan fingerprint density at radius 3 is 2.45 bits per heavy atom. The van der Waals surface area contributed by atoms with Crippen molar-refractivity contribution in [3.8, 4) is 0 Å². The lowest BCUT2D eigenvalue weighted by molar-refractivity contribution is -0.126. The fraction of sp³-hybridized carbons (Fsp3) is 0.346. The second-order valence-corrected chi connectivity index (χ2v) is 8.59. The average Bonchev–Trinajstić information content (AvgIpc) is 3.10. The number of hydrogen-bond acceptors (Lipinski definition) is 3. The summed E-state index contributed by atoms with van der Waals surface area (Å²) in [7, 11) is 0. The van der Waals surface area contributed by atoms with Gasteiger partial charge in [-0.05, 0) is 44.4 Å². The zero-order valence-corrected chi connectivity index (χ0v) is 19.3. The van der Waals surface area contributed by atoms with Gasteiger partial charge >= 0.3 is 6.03 Å². The monoisotopic (exact) mass is 445 g/mol. The molecule has 0 aliphatic carbocycles. The van der Waals surface area contributed by atoms with Crippen LogP contribution < -0.4 is 10.6 Å². The quantitative estimate of drug-likeness (QED) is 0.599. The van der Waals surface area contributed by atoms with Crippen molar-refractivity contribution >= 4 is 17.6 Å².